The lowest BCUT2D eigenvalue weighted by molar-refractivity contribution is 0.301. The fourth-order valence-electron chi connectivity index (χ4n) is 3.50. The number of aromatic nitrogens is 3. The number of hydrogen-bond acceptors (Lipinski definition) is 4. The minimum Gasteiger partial charge on any atom is -0.487 e. The average Bonchev–Trinajstić information content (AvgIpc) is 3.14. The number of fused-ring (bicyclic) bond motifs is 1. The van der Waals surface area contributed by atoms with Crippen LogP contribution < -0.4 is 10.1 Å². The van der Waals surface area contributed by atoms with Crippen LogP contribution in [0.5, 0.6) is 5.75 Å². The SMILES string of the molecule is c1ccc(COc2ccc(CNCCn3cnc4c3CCCC4)cc2)nc1. The highest BCUT2D eigenvalue weighted by Gasteiger charge is 2.14. The van der Waals surface area contributed by atoms with Crippen molar-refractivity contribution < 1.29 is 4.74 Å². The molecule has 4 rings (SSSR count). The molecule has 1 aliphatic rings. The van der Waals surface area contributed by atoms with E-state index >= 15 is 0 Å². The molecule has 0 unspecified atom stereocenters. The third-order valence-corrected chi connectivity index (χ3v) is 5.00. The molecule has 27 heavy (non-hydrogen) atoms. The van der Waals surface area contributed by atoms with Crippen LogP contribution in [0.4, 0.5) is 0 Å². The van der Waals surface area contributed by atoms with Gasteiger partial charge in [0.2, 0.25) is 0 Å². The summed E-state index contributed by atoms with van der Waals surface area (Å²) >= 11 is 0. The molecular formula is C22H26N4O. The lowest BCUT2D eigenvalue weighted by Gasteiger charge is -2.14. The zero-order valence-electron chi connectivity index (χ0n) is 15.6. The van der Waals surface area contributed by atoms with Gasteiger partial charge in [-0.05, 0) is 55.5 Å². The summed E-state index contributed by atoms with van der Waals surface area (Å²) in [5.41, 5.74) is 4.94. The Morgan fingerprint density at radius 3 is 2.74 bits per heavy atom. The monoisotopic (exact) mass is 362 g/mol. The van der Waals surface area contributed by atoms with Gasteiger partial charge >= 0.3 is 0 Å². The van der Waals surface area contributed by atoms with E-state index in [1.54, 1.807) is 6.20 Å². The highest BCUT2D eigenvalue weighted by Crippen LogP contribution is 2.19. The first-order chi connectivity index (χ1) is 13.4. The molecule has 5 nitrogen and oxygen atoms in total. The van der Waals surface area contributed by atoms with Gasteiger partial charge in [0.1, 0.15) is 12.4 Å². The maximum Gasteiger partial charge on any atom is 0.130 e. The molecule has 1 aliphatic carbocycles. The van der Waals surface area contributed by atoms with Crippen molar-refractivity contribution in [3.63, 3.8) is 0 Å². The van der Waals surface area contributed by atoms with Crippen LogP contribution in [-0.4, -0.2) is 21.1 Å². The Bertz CT molecular complexity index is 843. The van der Waals surface area contributed by atoms with E-state index in [4.69, 9.17) is 4.74 Å². The van der Waals surface area contributed by atoms with Crippen LogP contribution in [0.15, 0.2) is 55.0 Å². The molecule has 2 aromatic heterocycles. The average molecular weight is 362 g/mol. The first-order valence-corrected chi connectivity index (χ1v) is 9.74. The molecule has 0 atom stereocenters. The Kier molecular flexibility index (Phi) is 5.80. The highest BCUT2D eigenvalue weighted by molar-refractivity contribution is 5.27. The van der Waals surface area contributed by atoms with Crippen molar-refractivity contribution >= 4 is 0 Å². The van der Waals surface area contributed by atoms with Gasteiger partial charge in [0.15, 0.2) is 0 Å². The van der Waals surface area contributed by atoms with Gasteiger partial charge in [0.05, 0.1) is 17.7 Å². The van der Waals surface area contributed by atoms with Crippen molar-refractivity contribution in [3.05, 3.63) is 77.6 Å². The number of rotatable bonds is 8. The number of pyridine rings is 1. The van der Waals surface area contributed by atoms with E-state index in [0.717, 1.165) is 37.5 Å². The Morgan fingerprint density at radius 2 is 1.89 bits per heavy atom. The van der Waals surface area contributed by atoms with E-state index < -0.39 is 0 Å². The second-order valence-electron chi connectivity index (χ2n) is 6.97. The van der Waals surface area contributed by atoms with Gasteiger partial charge in [0, 0.05) is 31.5 Å². The van der Waals surface area contributed by atoms with Gasteiger partial charge in [-0.15, -0.1) is 0 Å². The third kappa shape index (κ3) is 4.74. The minimum absolute atomic E-state index is 0.494. The summed E-state index contributed by atoms with van der Waals surface area (Å²) in [4.78, 5) is 8.83. The van der Waals surface area contributed by atoms with Crippen LogP contribution >= 0.6 is 0 Å². The van der Waals surface area contributed by atoms with Gasteiger partial charge < -0.3 is 14.6 Å². The molecule has 0 radical (unpaired) electrons. The highest BCUT2D eigenvalue weighted by atomic mass is 16.5. The van der Waals surface area contributed by atoms with E-state index in [-0.39, 0.29) is 0 Å². The van der Waals surface area contributed by atoms with Crippen LogP contribution in [0.3, 0.4) is 0 Å². The number of imidazole rings is 1. The van der Waals surface area contributed by atoms with Crippen molar-refractivity contribution in [2.45, 2.75) is 45.4 Å². The molecule has 3 aromatic rings. The molecule has 5 heteroatoms. The van der Waals surface area contributed by atoms with Crippen molar-refractivity contribution in [1.82, 2.24) is 19.9 Å². The standard InChI is InChI=1S/C22H26N4O/c1-2-7-22-21(6-1)25-17-26(22)14-13-23-15-18-8-10-20(11-9-18)27-16-19-5-3-4-12-24-19/h3-5,8-12,17,23H,1-2,6-7,13-16H2. The maximum absolute atomic E-state index is 5.78. The molecule has 0 saturated carbocycles. The van der Waals surface area contributed by atoms with Gasteiger partial charge in [-0.25, -0.2) is 4.98 Å². The molecule has 1 aromatic carbocycles. The van der Waals surface area contributed by atoms with Crippen molar-refractivity contribution in [1.29, 1.82) is 0 Å². The Hall–Kier alpha value is -2.66. The molecular weight excluding hydrogens is 336 g/mol. The van der Waals surface area contributed by atoms with E-state index in [1.807, 2.05) is 36.7 Å². The summed E-state index contributed by atoms with van der Waals surface area (Å²) in [7, 11) is 0. The third-order valence-electron chi connectivity index (χ3n) is 5.00. The van der Waals surface area contributed by atoms with E-state index in [1.165, 1.54) is 36.2 Å². The number of nitrogens with zero attached hydrogens (tertiary/aromatic N) is 3. The van der Waals surface area contributed by atoms with Gasteiger partial charge in [0.25, 0.3) is 0 Å². The number of aryl methyl sites for hydroxylation is 1. The summed E-state index contributed by atoms with van der Waals surface area (Å²) in [5, 5.41) is 3.52. The van der Waals surface area contributed by atoms with Crippen LogP contribution in [-0.2, 0) is 32.5 Å². The quantitative estimate of drug-likeness (QED) is 0.623. The van der Waals surface area contributed by atoms with E-state index in [9.17, 15) is 0 Å². The van der Waals surface area contributed by atoms with Crippen LogP contribution in [0.25, 0.3) is 0 Å². The zero-order valence-corrected chi connectivity index (χ0v) is 15.6. The summed E-state index contributed by atoms with van der Waals surface area (Å²) in [6.07, 6.45) is 8.68. The number of ether oxygens (including phenoxy) is 1. The second kappa shape index (κ2) is 8.82. The summed E-state index contributed by atoms with van der Waals surface area (Å²) in [6.45, 7) is 3.28. The fraction of sp³-hybridized carbons (Fsp3) is 0.364. The second-order valence-corrected chi connectivity index (χ2v) is 6.97. The first-order valence-electron chi connectivity index (χ1n) is 9.74. The molecule has 2 heterocycles. The minimum atomic E-state index is 0.494. The number of benzene rings is 1. The zero-order chi connectivity index (χ0) is 18.3. The molecule has 0 bridgehead atoms. The lowest BCUT2D eigenvalue weighted by atomic mass is 10.0. The summed E-state index contributed by atoms with van der Waals surface area (Å²) < 4.78 is 8.10. The van der Waals surface area contributed by atoms with E-state index in [0.29, 0.717) is 6.61 Å². The first kappa shape index (κ1) is 17.7. The largest absolute Gasteiger partial charge is 0.487 e. The predicted molar refractivity (Wildman–Crippen MR) is 106 cm³/mol. The summed E-state index contributed by atoms with van der Waals surface area (Å²) in [6, 6.07) is 14.1. The van der Waals surface area contributed by atoms with Crippen LogP contribution in [0.2, 0.25) is 0 Å². The molecule has 140 valence electrons. The van der Waals surface area contributed by atoms with Crippen LogP contribution in [0, 0.1) is 0 Å². The Labute approximate surface area is 160 Å². The number of hydrogen-bond donors (Lipinski definition) is 1. The smallest absolute Gasteiger partial charge is 0.130 e. The molecule has 0 spiro atoms. The molecule has 1 N–H and O–H groups in total. The van der Waals surface area contributed by atoms with Crippen molar-refractivity contribution in [2.75, 3.05) is 6.54 Å². The molecule has 0 amide bonds. The lowest BCUT2D eigenvalue weighted by Crippen LogP contribution is -2.20. The number of nitrogens with one attached hydrogen (secondary N) is 1. The molecule has 0 saturated heterocycles. The van der Waals surface area contributed by atoms with Crippen molar-refractivity contribution in [3.8, 4) is 5.75 Å². The van der Waals surface area contributed by atoms with Gasteiger partial charge in [-0.3, -0.25) is 4.98 Å². The Morgan fingerprint density at radius 1 is 1.00 bits per heavy atom. The van der Waals surface area contributed by atoms with Gasteiger partial charge in [-0.1, -0.05) is 18.2 Å². The Balaban J connectivity index is 1.20. The topological polar surface area (TPSA) is 52.0 Å². The normalized spacial score (nSPS) is 13.3. The molecule has 0 fully saturated rings. The maximum atomic E-state index is 5.78. The predicted octanol–water partition coefficient (Wildman–Crippen LogP) is 3.53. The summed E-state index contributed by atoms with van der Waals surface area (Å²) in [5.74, 6) is 0.870. The van der Waals surface area contributed by atoms with E-state index in [2.05, 4.69) is 32.0 Å². The fourth-order valence-corrected chi connectivity index (χ4v) is 3.50. The van der Waals surface area contributed by atoms with Crippen LogP contribution in [0.1, 0.15) is 35.5 Å². The van der Waals surface area contributed by atoms with Gasteiger partial charge in [-0.2, -0.15) is 0 Å². The van der Waals surface area contributed by atoms with Crippen molar-refractivity contribution in [2.24, 2.45) is 0 Å². The molecule has 0 aliphatic heterocycles.